The molecule has 0 radical (unpaired) electrons. The first-order valence-corrected chi connectivity index (χ1v) is 3.97. The highest BCUT2D eigenvalue weighted by Crippen LogP contribution is 2.18. The van der Waals surface area contributed by atoms with Gasteiger partial charge in [0.25, 0.3) is 0 Å². The van der Waals surface area contributed by atoms with Crippen LogP contribution in [-0.2, 0) is 9.53 Å². The van der Waals surface area contributed by atoms with Gasteiger partial charge in [-0.05, 0) is 6.42 Å². The lowest BCUT2D eigenvalue weighted by Crippen LogP contribution is -2.30. The minimum absolute atomic E-state index is 0.276. The molecule has 0 rings (SSSR count). The summed E-state index contributed by atoms with van der Waals surface area (Å²) in [6, 6.07) is 0. The molecule has 0 saturated carbocycles. The van der Waals surface area contributed by atoms with Crippen LogP contribution in [0.25, 0.3) is 0 Å². The predicted octanol–water partition coefficient (Wildman–Crippen LogP) is 1.85. The first kappa shape index (κ1) is 14.3. The number of carbonyl (C=O) groups excluding carboxylic acids is 1. The van der Waals surface area contributed by atoms with Gasteiger partial charge in [0, 0.05) is 5.41 Å². The highest BCUT2D eigenvalue weighted by molar-refractivity contribution is 5.80. The minimum Gasteiger partial charge on any atom is -0.505 e. The summed E-state index contributed by atoms with van der Waals surface area (Å²) in [7, 11) is 1.56. The van der Waals surface area contributed by atoms with Crippen molar-refractivity contribution in [3.63, 3.8) is 0 Å². The van der Waals surface area contributed by atoms with E-state index >= 15 is 0 Å². The Morgan fingerprint density at radius 1 is 1.54 bits per heavy atom. The zero-order valence-corrected chi connectivity index (χ0v) is 8.67. The molecule has 0 aliphatic rings. The van der Waals surface area contributed by atoms with Gasteiger partial charge >= 0.3 is 0 Å². The Balaban J connectivity index is 0. The van der Waals surface area contributed by atoms with E-state index in [1.165, 1.54) is 6.26 Å². The number of hydrogen-bond donors (Lipinski definition) is 1. The van der Waals surface area contributed by atoms with Crippen molar-refractivity contribution in [2.24, 2.45) is 11.1 Å². The summed E-state index contributed by atoms with van der Waals surface area (Å²) >= 11 is 0. The molecule has 0 heterocycles. The van der Waals surface area contributed by atoms with E-state index in [1.54, 1.807) is 27.0 Å². The van der Waals surface area contributed by atoms with E-state index in [0.717, 1.165) is 0 Å². The fourth-order valence-electron chi connectivity index (χ4n) is 0.461. The van der Waals surface area contributed by atoms with Crippen molar-refractivity contribution in [1.82, 2.24) is 0 Å². The van der Waals surface area contributed by atoms with E-state index in [-0.39, 0.29) is 5.91 Å². The Morgan fingerprint density at radius 2 is 1.92 bits per heavy atom. The topological polar surface area (TPSA) is 52.3 Å². The quantitative estimate of drug-likeness (QED) is 0.536. The van der Waals surface area contributed by atoms with E-state index < -0.39 is 5.41 Å². The smallest absolute Gasteiger partial charge is 0.223 e. The molecule has 0 bridgehead atoms. The Kier molecular flexibility index (Phi) is 8.13. The molecule has 0 aromatic carbocycles. The molecule has 76 valence electrons. The van der Waals surface area contributed by atoms with E-state index in [4.69, 9.17) is 5.73 Å². The van der Waals surface area contributed by atoms with Crippen LogP contribution < -0.4 is 5.73 Å². The molecular formula is C10H19NO2. The van der Waals surface area contributed by atoms with E-state index in [1.807, 2.05) is 0 Å². The zero-order valence-electron chi connectivity index (χ0n) is 8.67. The number of hydrogen-bond acceptors (Lipinski definition) is 2. The summed E-state index contributed by atoms with van der Waals surface area (Å²) in [5.41, 5.74) is 4.64. The van der Waals surface area contributed by atoms with Crippen molar-refractivity contribution < 1.29 is 9.53 Å². The average Bonchev–Trinajstić information content (AvgIpc) is 2.05. The molecule has 0 saturated heterocycles. The summed E-state index contributed by atoms with van der Waals surface area (Å²) in [6.45, 7) is 10.4. The maximum atomic E-state index is 10.6. The minimum atomic E-state index is -0.429. The molecule has 3 nitrogen and oxygen atoms in total. The van der Waals surface area contributed by atoms with Crippen molar-refractivity contribution in [1.29, 1.82) is 0 Å². The summed E-state index contributed by atoms with van der Waals surface area (Å²) < 4.78 is 4.31. The third-order valence-electron chi connectivity index (χ3n) is 1.49. The second kappa shape index (κ2) is 7.40. The van der Waals surface area contributed by atoms with Crippen LogP contribution in [0.2, 0.25) is 0 Å². The van der Waals surface area contributed by atoms with Crippen molar-refractivity contribution >= 4 is 5.91 Å². The molecule has 13 heavy (non-hydrogen) atoms. The number of allylic oxidation sites excluding steroid dienone is 1. The molecule has 0 aliphatic heterocycles. The van der Waals surface area contributed by atoms with Crippen LogP contribution in [0.3, 0.4) is 0 Å². The van der Waals surface area contributed by atoms with Crippen LogP contribution >= 0.6 is 0 Å². The number of nitrogens with two attached hydrogens (primary N) is 1. The highest BCUT2D eigenvalue weighted by atomic mass is 16.5. The molecule has 0 unspecified atom stereocenters. The maximum Gasteiger partial charge on any atom is 0.223 e. The van der Waals surface area contributed by atoms with Gasteiger partial charge in [-0.2, -0.15) is 0 Å². The van der Waals surface area contributed by atoms with Gasteiger partial charge in [0.1, 0.15) is 0 Å². The molecule has 0 aromatic heterocycles. The van der Waals surface area contributed by atoms with Crippen molar-refractivity contribution in [2.45, 2.75) is 20.3 Å². The Hall–Kier alpha value is -1.25. The van der Waals surface area contributed by atoms with Crippen molar-refractivity contribution in [2.75, 3.05) is 7.11 Å². The number of carbonyl (C=O) groups is 1. The lowest BCUT2D eigenvalue weighted by Gasteiger charge is -2.16. The molecule has 0 spiro atoms. The zero-order chi connectivity index (χ0) is 10.9. The molecule has 3 heteroatoms. The van der Waals surface area contributed by atoms with Crippen molar-refractivity contribution in [3.05, 3.63) is 25.5 Å². The van der Waals surface area contributed by atoms with Gasteiger partial charge in [0.05, 0.1) is 13.4 Å². The lowest BCUT2D eigenvalue weighted by atomic mass is 9.89. The van der Waals surface area contributed by atoms with Gasteiger partial charge in [0.15, 0.2) is 0 Å². The third kappa shape index (κ3) is 8.66. The van der Waals surface area contributed by atoms with Gasteiger partial charge < -0.3 is 10.5 Å². The summed E-state index contributed by atoms with van der Waals surface area (Å²) in [5, 5.41) is 0. The average molecular weight is 185 g/mol. The van der Waals surface area contributed by atoms with Gasteiger partial charge in [-0.15, -0.1) is 6.58 Å². The standard InChI is InChI=1S/C7H13NO.C3H6O/c1-4-5-7(2,3)6(8)9;1-3-4-2/h4H,1,5H2,2-3H3,(H2,8,9);3H,1H2,2H3. The SMILES string of the molecule is C=CCC(C)(C)C(N)=O.C=COC. The molecule has 0 aliphatic carbocycles. The van der Waals surface area contributed by atoms with Gasteiger partial charge in [-0.3, -0.25) is 4.79 Å². The normalized spacial score (nSPS) is 9.15. The number of rotatable bonds is 4. The second-order valence-electron chi connectivity index (χ2n) is 3.14. The van der Waals surface area contributed by atoms with Gasteiger partial charge in [0.2, 0.25) is 5.91 Å². The van der Waals surface area contributed by atoms with Gasteiger partial charge in [-0.25, -0.2) is 0 Å². The molecule has 0 aromatic rings. The molecule has 0 atom stereocenters. The van der Waals surface area contributed by atoms with E-state index in [9.17, 15) is 4.79 Å². The molecule has 1 amide bonds. The first-order chi connectivity index (χ1) is 5.92. The Labute approximate surface area is 80.3 Å². The monoisotopic (exact) mass is 185 g/mol. The van der Waals surface area contributed by atoms with Crippen LogP contribution in [0.4, 0.5) is 0 Å². The second-order valence-corrected chi connectivity index (χ2v) is 3.14. The Morgan fingerprint density at radius 3 is 2.00 bits per heavy atom. The van der Waals surface area contributed by atoms with Crippen LogP contribution in [0, 0.1) is 5.41 Å². The number of ether oxygens (including phenoxy) is 1. The summed E-state index contributed by atoms with van der Waals surface area (Å²) in [4.78, 5) is 10.6. The number of methoxy groups -OCH3 is 1. The van der Waals surface area contributed by atoms with Crippen LogP contribution in [0.15, 0.2) is 25.5 Å². The maximum absolute atomic E-state index is 10.6. The van der Waals surface area contributed by atoms with E-state index in [2.05, 4.69) is 17.9 Å². The predicted molar refractivity (Wildman–Crippen MR) is 55.0 cm³/mol. The number of primary amides is 1. The number of amides is 1. The molecule has 0 fully saturated rings. The largest absolute Gasteiger partial charge is 0.505 e. The van der Waals surface area contributed by atoms with Crippen LogP contribution in [-0.4, -0.2) is 13.0 Å². The van der Waals surface area contributed by atoms with Crippen LogP contribution in [0.1, 0.15) is 20.3 Å². The fraction of sp³-hybridized carbons (Fsp3) is 0.500. The lowest BCUT2D eigenvalue weighted by molar-refractivity contribution is -0.125. The molecule has 2 N–H and O–H groups in total. The summed E-state index contributed by atoms with van der Waals surface area (Å²) in [6.07, 6.45) is 3.72. The third-order valence-corrected chi connectivity index (χ3v) is 1.49. The van der Waals surface area contributed by atoms with Crippen molar-refractivity contribution in [3.8, 4) is 0 Å². The van der Waals surface area contributed by atoms with Crippen LogP contribution in [0.5, 0.6) is 0 Å². The molecular weight excluding hydrogens is 166 g/mol. The van der Waals surface area contributed by atoms with E-state index in [0.29, 0.717) is 6.42 Å². The fourth-order valence-corrected chi connectivity index (χ4v) is 0.461. The van der Waals surface area contributed by atoms with Gasteiger partial charge in [-0.1, -0.05) is 26.5 Å². The Bertz CT molecular complexity index is 174. The highest BCUT2D eigenvalue weighted by Gasteiger charge is 2.22. The summed E-state index contributed by atoms with van der Waals surface area (Å²) in [5.74, 6) is -0.276. The first-order valence-electron chi connectivity index (χ1n) is 3.97.